The molecule has 2 amide bonds. The van der Waals surface area contributed by atoms with Gasteiger partial charge in [0.25, 0.3) is 5.91 Å². The molecule has 0 spiro atoms. The first-order chi connectivity index (χ1) is 17.4. The van der Waals surface area contributed by atoms with E-state index in [2.05, 4.69) is 9.97 Å². The molecular weight excluding hydrogens is 488 g/mol. The third-order valence-electron chi connectivity index (χ3n) is 6.17. The maximum absolute atomic E-state index is 14.2. The Balaban J connectivity index is 1.47. The quantitative estimate of drug-likeness (QED) is 0.407. The zero-order valence-electron chi connectivity index (χ0n) is 19.2. The van der Waals surface area contributed by atoms with Crippen molar-refractivity contribution in [3.63, 3.8) is 0 Å². The van der Waals surface area contributed by atoms with E-state index in [0.29, 0.717) is 30.2 Å². The van der Waals surface area contributed by atoms with Gasteiger partial charge in [-0.05, 0) is 30.5 Å². The summed E-state index contributed by atoms with van der Waals surface area (Å²) in [6, 6.07) is 8.75. The van der Waals surface area contributed by atoms with Crippen LogP contribution in [0, 0.1) is 11.6 Å². The average molecular weight is 510 g/mol. The minimum atomic E-state index is -0.987. The largest absolute Gasteiger partial charge is 0.465 e. The lowest BCUT2D eigenvalue weighted by atomic mass is 10.1. The van der Waals surface area contributed by atoms with Crippen molar-refractivity contribution in [2.24, 2.45) is 0 Å². The number of benzene rings is 2. The smallest absolute Gasteiger partial charge is 0.407 e. The van der Waals surface area contributed by atoms with E-state index in [1.54, 1.807) is 33.4 Å². The normalized spacial score (nSPS) is 13.9. The first-order valence-electron chi connectivity index (χ1n) is 11.1. The molecule has 4 aromatic rings. The molecule has 3 heterocycles. The molecule has 0 saturated carbocycles. The van der Waals surface area contributed by atoms with Crippen molar-refractivity contribution >= 4 is 34.7 Å². The van der Waals surface area contributed by atoms with Crippen LogP contribution in [-0.2, 0) is 0 Å². The van der Waals surface area contributed by atoms with Crippen molar-refractivity contribution in [1.29, 1.82) is 0 Å². The van der Waals surface area contributed by atoms with Gasteiger partial charge in [-0.2, -0.15) is 0 Å². The van der Waals surface area contributed by atoms with Gasteiger partial charge in [-0.1, -0.05) is 6.07 Å². The number of carboxylic acid groups (broad SMARTS) is 1. The van der Waals surface area contributed by atoms with Crippen molar-refractivity contribution in [2.75, 3.05) is 32.4 Å². The van der Waals surface area contributed by atoms with Gasteiger partial charge in [0.1, 0.15) is 11.6 Å². The van der Waals surface area contributed by atoms with Crippen LogP contribution in [0.3, 0.4) is 0 Å². The predicted octanol–water partition coefficient (Wildman–Crippen LogP) is 4.52. The van der Waals surface area contributed by atoms with Gasteiger partial charge in [-0.3, -0.25) is 9.36 Å². The van der Waals surface area contributed by atoms with Crippen LogP contribution in [0.15, 0.2) is 59.9 Å². The van der Waals surface area contributed by atoms with Gasteiger partial charge in [-0.25, -0.2) is 23.5 Å². The van der Waals surface area contributed by atoms with E-state index in [-0.39, 0.29) is 24.6 Å². The lowest BCUT2D eigenvalue weighted by molar-refractivity contribution is 0.0625. The minimum absolute atomic E-state index is 0.177. The molecule has 0 atom stereocenters. The molecule has 0 unspecified atom stereocenters. The lowest BCUT2D eigenvalue weighted by Crippen LogP contribution is -2.50. The Morgan fingerprint density at radius 1 is 0.972 bits per heavy atom. The number of rotatable bonds is 4. The van der Waals surface area contributed by atoms with Crippen molar-refractivity contribution in [3.8, 4) is 17.1 Å². The number of fused-ring (bicyclic) bond motifs is 1. The summed E-state index contributed by atoms with van der Waals surface area (Å²) in [6.45, 7) is 1.19. The maximum Gasteiger partial charge on any atom is 0.407 e. The number of halogens is 2. The van der Waals surface area contributed by atoms with Gasteiger partial charge in [0, 0.05) is 77.8 Å². The number of carbonyl (C=O) groups is 2. The van der Waals surface area contributed by atoms with Crippen LogP contribution in [0.1, 0.15) is 10.4 Å². The van der Waals surface area contributed by atoms with E-state index < -0.39 is 17.7 Å². The van der Waals surface area contributed by atoms with Crippen molar-refractivity contribution in [2.45, 2.75) is 4.90 Å². The third kappa shape index (κ3) is 4.37. The highest BCUT2D eigenvalue weighted by Gasteiger charge is 2.25. The number of nitrogens with zero attached hydrogens (tertiary/aromatic N) is 5. The summed E-state index contributed by atoms with van der Waals surface area (Å²) in [5.74, 6) is -1.20. The van der Waals surface area contributed by atoms with Crippen LogP contribution in [0.25, 0.3) is 28.0 Å². The molecule has 11 heteroatoms. The lowest BCUT2D eigenvalue weighted by Gasteiger charge is -2.33. The summed E-state index contributed by atoms with van der Waals surface area (Å²) >= 11 is 1.54. The van der Waals surface area contributed by atoms with E-state index >= 15 is 0 Å². The Labute approximate surface area is 209 Å². The molecule has 1 aliphatic rings. The molecule has 1 fully saturated rings. The van der Waals surface area contributed by atoms with Crippen LogP contribution in [0.5, 0.6) is 0 Å². The second-order valence-electron chi connectivity index (χ2n) is 8.26. The predicted molar refractivity (Wildman–Crippen MR) is 131 cm³/mol. The Morgan fingerprint density at radius 2 is 1.67 bits per heavy atom. The number of hydrogen-bond acceptors (Lipinski definition) is 5. The number of hydrogen-bond donors (Lipinski definition) is 1. The Bertz CT molecular complexity index is 1470. The molecule has 8 nitrogen and oxygen atoms in total. The second kappa shape index (κ2) is 9.57. The molecule has 184 valence electrons. The van der Waals surface area contributed by atoms with Crippen LogP contribution >= 0.6 is 11.8 Å². The summed E-state index contributed by atoms with van der Waals surface area (Å²) in [5.41, 5.74) is 1.81. The summed E-state index contributed by atoms with van der Waals surface area (Å²) < 4.78 is 29.2. The minimum Gasteiger partial charge on any atom is -0.465 e. The maximum atomic E-state index is 14.2. The van der Waals surface area contributed by atoms with E-state index in [4.69, 9.17) is 5.11 Å². The summed E-state index contributed by atoms with van der Waals surface area (Å²) in [4.78, 5) is 37.0. The highest BCUT2D eigenvalue weighted by molar-refractivity contribution is 7.98. The molecule has 1 saturated heterocycles. The van der Waals surface area contributed by atoms with E-state index in [1.165, 1.54) is 29.4 Å². The van der Waals surface area contributed by atoms with Gasteiger partial charge in [0.2, 0.25) is 5.95 Å². The van der Waals surface area contributed by atoms with Gasteiger partial charge in [0.15, 0.2) is 0 Å². The third-order valence-corrected chi connectivity index (χ3v) is 6.93. The number of thioether (sulfide) groups is 1. The average Bonchev–Trinajstić information content (AvgIpc) is 3.26. The zero-order chi connectivity index (χ0) is 25.4. The molecule has 2 aromatic heterocycles. The van der Waals surface area contributed by atoms with Gasteiger partial charge in [-0.15, -0.1) is 11.8 Å². The van der Waals surface area contributed by atoms with Crippen molar-refractivity contribution in [1.82, 2.24) is 24.3 Å². The zero-order valence-corrected chi connectivity index (χ0v) is 20.0. The number of aromatic nitrogens is 3. The van der Waals surface area contributed by atoms with Crippen LogP contribution in [0.2, 0.25) is 0 Å². The molecule has 1 N–H and O–H groups in total. The number of piperazine rings is 1. The fourth-order valence-electron chi connectivity index (χ4n) is 4.25. The first-order valence-corrected chi connectivity index (χ1v) is 12.3. The van der Waals surface area contributed by atoms with Crippen molar-refractivity contribution in [3.05, 3.63) is 72.2 Å². The van der Waals surface area contributed by atoms with Gasteiger partial charge < -0.3 is 14.9 Å². The van der Waals surface area contributed by atoms with E-state index in [1.807, 2.05) is 18.5 Å². The number of carbonyl (C=O) groups excluding carboxylic acids is 1. The highest BCUT2D eigenvalue weighted by atomic mass is 32.2. The monoisotopic (exact) mass is 509 g/mol. The standard InChI is InChI=1S/C25H21F2N5O3S/c1-36-22-14-32(24-28-12-16(13-29-24)18-5-3-17(26)11-20(18)27)21-10-15(2-4-19(21)22)23(33)30-6-8-31(9-7-30)25(34)35/h2-5,10-14H,6-9H2,1H3,(H,34,35). The molecule has 2 aromatic carbocycles. The van der Waals surface area contributed by atoms with Gasteiger partial charge in [0.05, 0.1) is 5.52 Å². The summed E-state index contributed by atoms with van der Waals surface area (Å²) in [5, 5.41) is 10.1. The topological polar surface area (TPSA) is 91.6 Å². The Morgan fingerprint density at radius 3 is 2.31 bits per heavy atom. The first kappa shape index (κ1) is 23.7. The fourth-order valence-corrected chi connectivity index (χ4v) is 4.85. The Hall–Kier alpha value is -3.99. The molecule has 36 heavy (non-hydrogen) atoms. The van der Waals surface area contributed by atoms with Crippen LogP contribution in [0.4, 0.5) is 13.6 Å². The van der Waals surface area contributed by atoms with E-state index in [0.717, 1.165) is 21.9 Å². The fraction of sp³-hybridized carbons (Fsp3) is 0.200. The second-order valence-corrected chi connectivity index (χ2v) is 9.11. The van der Waals surface area contributed by atoms with Gasteiger partial charge >= 0.3 is 6.09 Å². The van der Waals surface area contributed by atoms with E-state index in [9.17, 15) is 18.4 Å². The highest BCUT2D eigenvalue weighted by Crippen LogP contribution is 2.31. The van der Waals surface area contributed by atoms with Crippen molar-refractivity contribution < 1.29 is 23.5 Å². The summed E-state index contributed by atoms with van der Waals surface area (Å²) in [7, 11) is 0. The molecule has 5 rings (SSSR count). The molecule has 0 bridgehead atoms. The number of amides is 2. The molecule has 0 radical (unpaired) electrons. The molecular formula is C25H21F2N5O3S. The Kier molecular flexibility index (Phi) is 6.31. The SMILES string of the molecule is CSc1cn(-c2ncc(-c3ccc(F)cc3F)cn2)c2cc(C(=O)N3CCN(C(=O)O)CC3)ccc12. The van der Waals surface area contributed by atoms with Crippen LogP contribution in [-0.4, -0.2) is 73.9 Å². The van der Waals surface area contributed by atoms with Crippen LogP contribution < -0.4 is 0 Å². The summed E-state index contributed by atoms with van der Waals surface area (Å²) in [6.07, 6.45) is 5.78. The molecule has 0 aliphatic carbocycles. The molecule has 1 aliphatic heterocycles.